The lowest BCUT2D eigenvalue weighted by molar-refractivity contribution is 0.106. The van der Waals surface area contributed by atoms with E-state index in [1.165, 1.54) is 44.2 Å². The first-order valence-corrected chi connectivity index (χ1v) is 10.8. The van der Waals surface area contributed by atoms with Gasteiger partial charge < -0.3 is 10.1 Å². The third-order valence-corrected chi connectivity index (χ3v) is 5.80. The molecule has 3 rings (SSSR count). The van der Waals surface area contributed by atoms with Crippen LogP contribution < -0.4 is 5.32 Å². The highest BCUT2D eigenvalue weighted by molar-refractivity contribution is 5.17. The Morgan fingerprint density at radius 2 is 1.86 bits per heavy atom. The van der Waals surface area contributed by atoms with Gasteiger partial charge in [-0.2, -0.15) is 0 Å². The zero-order valence-electron chi connectivity index (χ0n) is 17.2. The Labute approximate surface area is 169 Å². The number of nitrogens with zero attached hydrogens (tertiary/aromatic N) is 3. The highest BCUT2D eigenvalue weighted by Gasteiger charge is 2.32. The van der Waals surface area contributed by atoms with E-state index in [2.05, 4.69) is 27.4 Å². The van der Waals surface area contributed by atoms with Crippen molar-refractivity contribution in [1.29, 1.82) is 0 Å². The Bertz CT molecular complexity index is 663. The molecule has 28 heavy (non-hydrogen) atoms. The molecule has 1 saturated heterocycles. The van der Waals surface area contributed by atoms with E-state index in [1.54, 1.807) is 0 Å². The van der Waals surface area contributed by atoms with Crippen LogP contribution in [0.25, 0.3) is 0 Å². The molecule has 1 atom stereocenters. The minimum absolute atomic E-state index is 0.0809. The van der Waals surface area contributed by atoms with Gasteiger partial charge >= 0.3 is 0 Å². The van der Waals surface area contributed by atoms with E-state index in [4.69, 9.17) is 9.72 Å². The van der Waals surface area contributed by atoms with E-state index >= 15 is 0 Å². The molecule has 0 bridgehead atoms. The van der Waals surface area contributed by atoms with Crippen LogP contribution in [0, 0.1) is 6.92 Å². The Morgan fingerprint density at radius 3 is 2.68 bits per heavy atom. The Morgan fingerprint density at radius 1 is 0.964 bits per heavy atom. The minimum Gasteiger partial charge on any atom is -0.381 e. The van der Waals surface area contributed by atoms with Crippen LogP contribution >= 0.6 is 0 Å². The fraction of sp³-hybridized carbons (Fsp3) is 0.609. The summed E-state index contributed by atoms with van der Waals surface area (Å²) in [5.41, 5.74) is 3.24. The van der Waals surface area contributed by atoms with Crippen molar-refractivity contribution in [2.75, 3.05) is 19.8 Å². The fourth-order valence-electron chi connectivity index (χ4n) is 4.06. The van der Waals surface area contributed by atoms with Crippen LogP contribution in [-0.4, -0.2) is 34.7 Å². The van der Waals surface area contributed by atoms with E-state index in [9.17, 15) is 0 Å². The predicted molar refractivity (Wildman–Crippen MR) is 112 cm³/mol. The quantitative estimate of drug-likeness (QED) is 0.752. The molecule has 5 heteroatoms. The molecule has 0 spiro atoms. The summed E-state index contributed by atoms with van der Waals surface area (Å²) in [7, 11) is 0. The van der Waals surface area contributed by atoms with Gasteiger partial charge in [0.2, 0.25) is 0 Å². The molecule has 1 aliphatic rings. The number of nitrogens with one attached hydrogen (secondary N) is 1. The molecule has 0 aromatic carbocycles. The van der Waals surface area contributed by atoms with Crippen molar-refractivity contribution in [2.45, 2.75) is 70.3 Å². The molecular weight excluding hydrogens is 348 g/mol. The summed E-state index contributed by atoms with van der Waals surface area (Å²) in [5, 5.41) is 3.57. The van der Waals surface area contributed by atoms with Crippen LogP contribution in [-0.2, 0) is 16.7 Å². The number of pyridine rings is 1. The monoisotopic (exact) mass is 382 g/mol. The summed E-state index contributed by atoms with van der Waals surface area (Å²) in [4.78, 5) is 13.5. The summed E-state index contributed by atoms with van der Waals surface area (Å²) in [5.74, 6) is 0. The predicted octanol–water partition coefficient (Wildman–Crippen LogP) is 4.36. The standard InChI is InChI=1S/C23H34N4O/c1-20-17-27-21(19-26-20)18-24-14-11-23(22-9-5-7-13-25-22)10-6-3-2-4-8-15-28-16-12-23/h5,7,9,13,17,19,24H,2-4,6,8,10-12,14-16,18H2,1H3/t23-/m1/s1. The number of hydrogen-bond donors (Lipinski definition) is 1. The number of aryl methyl sites for hydroxylation is 1. The maximum absolute atomic E-state index is 5.96. The molecule has 0 radical (unpaired) electrons. The van der Waals surface area contributed by atoms with E-state index in [1.807, 2.05) is 31.6 Å². The summed E-state index contributed by atoms with van der Waals surface area (Å²) < 4.78 is 5.96. The lowest BCUT2D eigenvalue weighted by Crippen LogP contribution is -2.33. The smallest absolute Gasteiger partial charge is 0.0724 e. The third-order valence-electron chi connectivity index (χ3n) is 5.80. The highest BCUT2D eigenvalue weighted by Crippen LogP contribution is 2.36. The summed E-state index contributed by atoms with van der Waals surface area (Å²) in [6, 6.07) is 6.32. The van der Waals surface area contributed by atoms with Crippen molar-refractivity contribution in [3.05, 3.63) is 53.9 Å². The SMILES string of the molecule is Cc1cnc(CNCC[C@]2(c3ccccn3)CCCCCCCOCC2)cn1. The Hall–Kier alpha value is -1.85. The summed E-state index contributed by atoms with van der Waals surface area (Å²) in [6.07, 6.45) is 15.3. The van der Waals surface area contributed by atoms with Gasteiger partial charge in [0.05, 0.1) is 11.4 Å². The van der Waals surface area contributed by atoms with E-state index in [-0.39, 0.29) is 5.41 Å². The van der Waals surface area contributed by atoms with Gasteiger partial charge in [-0.05, 0) is 51.3 Å². The fourth-order valence-corrected chi connectivity index (χ4v) is 4.06. The number of rotatable bonds is 6. The van der Waals surface area contributed by atoms with Crippen LogP contribution in [0.1, 0.15) is 68.4 Å². The van der Waals surface area contributed by atoms with Crippen LogP contribution in [0.3, 0.4) is 0 Å². The lowest BCUT2D eigenvalue weighted by atomic mass is 9.73. The average molecular weight is 383 g/mol. The molecule has 0 aliphatic carbocycles. The first-order chi connectivity index (χ1) is 13.8. The van der Waals surface area contributed by atoms with Gasteiger partial charge in [0.1, 0.15) is 0 Å². The summed E-state index contributed by atoms with van der Waals surface area (Å²) in [6.45, 7) is 5.36. The van der Waals surface area contributed by atoms with Crippen LogP contribution in [0.15, 0.2) is 36.8 Å². The molecule has 2 aromatic rings. The third kappa shape index (κ3) is 6.35. The molecule has 0 unspecified atom stereocenters. The first kappa shape index (κ1) is 20.9. The zero-order valence-corrected chi connectivity index (χ0v) is 17.2. The van der Waals surface area contributed by atoms with Crippen LogP contribution in [0.4, 0.5) is 0 Å². The minimum atomic E-state index is 0.0809. The number of hydrogen-bond acceptors (Lipinski definition) is 5. The van der Waals surface area contributed by atoms with Gasteiger partial charge in [0, 0.05) is 49.5 Å². The number of ether oxygens (including phenoxy) is 1. The molecule has 1 fully saturated rings. The highest BCUT2D eigenvalue weighted by atomic mass is 16.5. The molecule has 1 aliphatic heterocycles. The van der Waals surface area contributed by atoms with Crippen molar-refractivity contribution in [1.82, 2.24) is 20.3 Å². The van der Waals surface area contributed by atoms with Crippen LogP contribution in [0.5, 0.6) is 0 Å². The molecular formula is C23H34N4O. The second kappa shape index (κ2) is 11.2. The maximum atomic E-state index is 5.96. The van der Waals surface area contributed by atoms with Crippen molar-refractivity contribution in [3.63, 3.8) is 0 Å². The Balaban J connectivity index is 1.65. The maximum Gasteiger partial charge on any atom is 0.0724 e. The van der Waals surface area contributed by atoms with Gasteiger partial charge in [0.15, 0.2) is 0 Å². The van der Waals surface area contributed by atoms with Crippen molar-refractivity contribution in [3.8, 4) is 0 Å². The van der Waals surface area contributed by atoms with E-state index < -0.39 is 0 Å². The van der Waals surface area contributed by atoms with Crippen molar-refractivity contribution < 1.29 is 4.74 Å². The molecule has 0 saturated carbocycles. The summed E-state index contributed by atoms with van der Waals surface area (Å²) >= 11 is 0. The van der Waals surface area contributed by atoms with Crippen LogP contribution in [0.2, 0.25) is 0 Å². The normalized spacial score (nSPS) is 21.8. The van der Waals surface area contributed by atoms with Gasteiger partial charge in [-0.25, -0.2) is 0 Å². The molecule has 1 N–H and O–H groups in total. The lowest BCUT2D eigenvalue weighted by Gasteiger charge is -2.34. The molecule has 0 amide bonds. The largest absolute Gasteiger partial charge is 0.381 e. The second-order valence-corrected chi connectivity index (χ2v) is 7.95. The average Bonchev–Trinajstić information content (AvgIpc) is 2.79. The van der Waals surface area contributed by atoms with E-state index in [0.717, 1.165) is 50.5 Å². The van der Waals surface area contributed by atoms with E-state index in [0.29, 0.717) is 0 Å². The zero-order chi connectivity index (χ0) is 19.5. The number of aromatic nitrogens is 3. The molecule has 152 valence electrons. The molecule has 5 nitrogen and oxygen atoms in total. The topological polar surface area (TPSA) is 59.9 Å². The second-order valence-electron chi connectivity index (χ2n) is 7.95. The van der Waals surface area contributed by atoms with Gasteiger partial charge in [0.25, 0.3) is 0 Å². The van der Waals surface area contributed by atoms with Gasteiger partial charge in [-0.1, -0.05) is 31.7 Å². The van der Waals surface area contributed by atoms with Gasteiger partial charge in [-0.3, -0.25) is 15.0 Å². The molecule has 2 aromatic heterocycles. The van der Waals surface area contributed by atoms with Gasteiger partial charge in [-0.15, -0.1) is 0 Å². The molecule has 3 heterocycles. The Kier molecular flexibility index (Phi) is 8.37. The van der Waals surface area contributed by atoms with Crippen molar-refractivity contribution >= 4 is 0 Å². The van der Waals surface area contributed by atoms with Crippen molar-refractivity contribution in [2.24, 2.45) is 0 Å². The first-order valence-electron chi connectivity index (χ1n) is 10.8.